The highest BCUT2D eigenvalue weighted by molar-refractivity contribution is 8.53. The smallest absolute Gasteiger partial charge is 0.137 e. The van der Waals surface area contributed by atoms with Gasteiger partial charge in [0, 0.05) is 24.9 Å². The first-order valence-electron chi connectivity index (χ1n) is 15.3. The van der Waals surface area contributed by atoms with Gasteiger partial charge in [0.25, 0.3) is 0 Å². The number of hydrogen-bond acceptors (Lipinski definition) is 9. The van der Waals surface area contributed by atoms with E-state index in [1.54, 1.807) is 0 Å². The molecule has 0 amide bonds. The molecule has 0 aliphatic rings. The zero-order valence-corrected chi connectivity index (χ0v) is 25.3. The van der Waals surface area contributed by atoms with Gasteiger partial charge in [0.15, 0.2) is 0 Å². The van der Waals surface area contributed by atoms with E-state index in [2.05, 4.69) is 13.8 Å². The summed E-state index contributed by atoms with van der Waals surface area (Å²) in [6.07, 6.45) is 14.6. The molecule has 8 nitrogen and oxygen atoms in total. The van der Waals surface area contributed by atoms with E-state index in [-0.39, 0.29) is 30.9 Å². The minimum Gasteiger partial charge on any atom is -0.395 e. The Morgan fingerprint density at radius 3 is 1.76 bits per heavy atom. The Labute approximate surface area is 237 Å². The molecule has 1 radical (unpaired) electrons. The minimum absolute atomic E-state index is 0.0556. The number of rotatable bonds is 28. The highest BCUT2D eigenvalue weighted by Crippen LogP contribution is 2.24. The zero-order chi connectivity index (χ0) is 29.6. The molecule has 37 heavy (non-hydrogen) atoms. The van der Waals surface area contributed by atoms with E-state index < -0.39 is 7.61 Å². The normalized spacial score (nSPS) is 16.1. The van der Waals surface area contributed by atoms with Gasteiger partial charge in [-0.2, -0.15) is 0 Å². The maximum absolute atomic E-state index is 9.82. The fraction of sp³-hybridized carbons (Fsp3) is 1.00. The fourth-order valence-electron chi connectivity index (χ4n) is 3.41. The predicted molar refractivity (Wildman–Crippen MR) is 162 cm³/mol. The zero-order valence-electron chi connectivity index (χ0n) is 25.6. The van der Waals surface area contributed by atoms with E-state index in [1.807, 2.05) is 0 Å². The van der Waals surface area contributed by atoms with Gasteiger partial charge in [-0.15, -0.1) is 0 Å². The first kappa shape index (κ1) is 35.6. The third-order valence-corrected chi connectivity index (χ3v) is 6.65. The summed E-state index contributed by atoms with van der Waals surface area (Å²) in [5, 5.41) is 28.2. The van der Waals surface area contributed by atoms with Crippen molar-refractivity contribution in [3.05, 3.63) is 0 Å². The van der Waals surface area contributed by atoms with Gasteiger partial charge in [-0.3, -0.25) is 0 Å². The average Bonchev–Trinajstić information content (AvgIpc) is 2.93. The summed E-state index contributed by atoms with van der Waals surface area (Å²) in [5.74, 6) is 0. The topological polar surface area (TPSA) is 140 Å². The molecule has 0 rings (SSSR count). The molecule has 223 valence electrons. The fourth-order valence-corrected chi connectivity index (χ4v) is 4.07. The number of nitrogens with two attached hydrogens (primary N) is 2. The molecule has 0 aliphatic carbocycles. The molecule has 0 heterocycles. The summed E-state index contributed by atoms with van der Waals surface area (Å²) in [6, 6.07) is -0.547. The van der Waals surface area contributed by atoms with Crippen LogP contribution >= 0.6 is 19.3 Å². The summed E-state index contributed by atoms with van der Waals surface area (Å²) < 4.78 is 30.1. The van der Waals surface area contributed by atoms with Crippen molar-refractivity contribution >= 4 is 26.8 Å². The van der Waals surface area contributed by atoms with Crippen LogP contribution in [0.1, 0.15) is 104 Å². The molecule has 0 bridgehead atoms. The summed E-state index contributed by atoms with van der Waals surface area (Å²) in [6.45, 7) is 6.40. The molecule has 0 aliphatic heterocycles. The summed E-state index contributed by atoms with van der Waals surface area (Å²) in [5.41, 5.74) is 11.3. The van der Waals surface area contributed by atoms with Crippen LogP contribution in [0.25, 0.3) is 0 Å². The lowest BCUT2D eigenvalue weighted by Gasteiger charge is -2.13. The SMILES string of the molecule is CCCCCCC[C@@H](O)CCOC[C@@H](N)CO.[2H]P([B][3H])SOC[C@H](N)COCC[C@H](O)CCCCCCC. The van der Waals surface area contributed by atoms with E-state index in [4.69, 9.17) is 32.8 Å². The van der Waals surface area contributed by atoms with Crippen molar-refractivity contribution in [1.82, 2.24) is 0 Å². The Hall–Kier alpha value is 0.525. The van der Waals surface area contributed by atoms with Gasteiger partial charge >= 0.3 is 0 Å². The van der Waals surface area contributed by atoms with Crippen LogP contribution in [0.4, 0.5) is 0 Å². The monoisotopic (exact) mass is 572 g/mol. The highest BCUT2D eigenvalue weighted by atomic mass is 32.7. The molecule has 1 unspecified atom stereocenters. The van der Waals surface area contributed by atoms with Gasteiger partial charge in [-0.1, -0.05) is 85.7 Å². The third kappa shape index (κ3) is 34.5. The summed E-state index contributed by atoms with van der Waals surface area (Å²) in [4.78, 5) is 0. The number of ether oxygens (including phenoxy) is 2. The molecular formula is C26H59BN2O6PS. The number of unbranched alkanes of at least 4 members (excludes halogenated alkanes) is 8. The van der Waals surface area contributed by atoms with Crippen molar-refractivity contribution in [2.45, 2.75) is 128 Å². The predicted octanol–water partition coefficient (Wildman–Crippen LogP) is 3.95. The van der Waals surface area contributed by atoms with Crippen molar-refractivity contribution in [3.63, 3.8) is 0 Å². The van der Waals surface area contributed by atoms with Gasteiger partial charge in [-0.05, 0) is 27.0 Å². The lowest BCUT2D eigenvalue weighted by molar-refractivity contribution is 0.0623. The second-order valence-electron chi connectivity index (χ2n) is 9.61. The number of aliphatic hydroxyl groups excluding tert-OH is 3. The summed E-state index contributed by atoms with van der Waals surface area (Å²) >= 11 is 0.976. The largest absolute Gasteiger partial charge is 0.395 e. The van der Waals surface area contributed by atoms with Gasteiger partial charge in [0.2, 0.25) is 0 Å². The van der Waals surface area contributed by atoms with Crippen LogP contribution < -0.4 is 11.5 Å². The molecule has 11 heteroatoms. The van der Waals surface area contributed by atoms with Crippen molar-refractivity contribution in [1.29, 1.82) is 2.61 Å². The van der Waals surface area contributed by atoms with Crippen LogP contribution in [0.2, 0.25) is 0 Å². The molecule has 0 aromatic carbocycles. The highest BCUT2D eigenvalue weighted by Gasteiger charge is 2.07. The van der Waals surface area contributed by atoms with Crippen LogP contribution in [0.15, 0.2) is 0 Å². The van der Waals surface area contributed by atoms with Crippen LogP contribution in [-0.4, -0.2) is 89.4 Å². The molecule has 0 spiro atoms. The second kappa shape index (κ2) is 32.7. The first-order valence-corrected chi connectivity index (χ1v) is 16.5. The molecule has 0 aromatic heterocycles. The minimum atomic E-state index is -1.29. The van der Waals surface area contributed by atoms with Crippen LogP contribution in [-0.2, 0) is 13.7 Å². The van der Waals surface area contributed by atoms with Gasteiger partial charge in [0.05, 0.1) is 52.0 Å². The average molecular weight is 573 g/mol. The van der Waals surface area contributed by atoms with E-state index in [9.17, 15) is 10.2 Å². The third-order valence-electron chi connectivity index (χ3n) is 5.75. The maximum Gasteiger partial charge on any atom is 0.137 e. The Morgan fingerprint density at radius 1 is 0.811 bits per heavy atom. The standard InChI is InChI=1S/C13H30BNO3PS.C13H29NO3/c1-2-3-4-5-6-7-13(16)8-9-17-10-12(15)11-18-20-19-14;1-2-3-4-5-6-7-13(16)8-9-17-11-12(14)10-15/h12-14,16,19H,2-11,15H2,1H3;12-13,15-16H,2-11,14H2,1H3/t12-,13-,19?;12-,13+/m10/s1/i14T,19D;. The van der Waals surface area contributed by atoms with E-state index >= 15 is 0 Å². The molecule has 0 saturated carbocycles. The van der Waals surface area contributed by atoms with E-state index in [0.29, 0.717) is 45.9 Å². The molecule has 0 saturated heterocycles. The number of aliphatic hydroxyl groups is 3. The van der Waals surface area contributed by atoms with Crippen molar-refractivity contribution in [2.75, 3.05) is 39.6 Å². The van der Waals surface area contributed by atoms with Gasteiger partial charge in [-0.25, -0.2) is 0 Å². The lowest BCUT2D eigenvalue weighted by Crippen LogP contribution is -2.31. The Morgan fingerprint density at radius 2 is 1.30 bits per heavy atom. The number of hydrogen-bond donors (Lipinski definition) is 5. The van der Waals surface area contributed by atoms with Crippen LogP contribution in [0.5, 0.6) is 0 Å². The Kier molecular flexibility index (Phi) is 31.5. The second-order valence-corrected chi connectivity index (χ2v) is 11.3. The van der Waals surface area contributed by atoms with Crippen molar-refractivity contribution in [2.24, 2.45) is 11.5 Å². The molecule has 7 N–H and O–H groups in total. The Bertz CT molecular complexity index is 490. The van der Waals surface area contributed by atoms with E-state index in [1.165, 1.54) is 51.4 Å². The van der Waals surface area contributed by atoms with Crippen LogP contribution in [0.3, 0.4) is 0 Å². The summed E-state index contributed by atoms with van der Waals surface area (Å²) in [7, 11) is -0.226. The molecular weight excluding hydrogens is 510 g/mol. The van der Waals surface area contributed by atoms with Crippen LogP contribution in [0, 0.1) is 0 Å². The molecule has 5 atom stereocenters. The maximum atomic E-state index is 9.82. The quantitative estimate of drug-likeness (QED) is 0.0408. The first-order chi connectivity index (χ1) is 18.8. The van der Waals surface area contributed by atoms with Gasteiger partial charge < -0.3 is 40.4 Å². The van der Waals surface area contributed by atoms with E-state index in [0.717, 1.165) is 44.9 Å². The molecule has 0 aromatic rings. The Balaban J connectivity index is 0. The van der Waals surface area contributed by atoms with Crippen molar-refractivity contribution < 1.29 is 29.0 Å². The van der Waals surface area contributed by atoms with Crippen molar-refractivity contribution in [3.8, 4) is 0 Å². The van der Waals surface area contributed by atoms with Gasteiger partial charge in [0.1, 0.15) is 7.53 Å². The molecule has 0 fully saturated rings. The lowest BCUT2D eigenvalue weighted by atomic mass is 10.1.